The Morgan fingerprint density at radius 2 is 1.70 bits per heavy atom. The van der Waals surface area contributed by atoms with Crippen molar-refractivity contribution in [1.29, 1.82) is 0 Å². The van der Waals surface area contributed by atoms with Gasteiger partial charge in [-0.15, -0.1) is 0 Å². The fourth-order valence-corrected chi connectivity index (χ4v) is 3.87. The van der Waals surface area contributed by atoms with Gasteiger partial charge in [0.2, 0.25) is 0 Å². The Bertz CT molecular complexity index is 263. The predicted octanol–water partition coefficient (Wildman–Crippen LogP) is 4.67. The lowest BCUT2D eigenvalue weighted by atomic mass is 9.77. The Morgan fingerprint density at radius 3 is 2.25 bits per heavy atom. The van der Waals surface area contributed by atoms with Gasteiger partial charge in [0.15, 0.2) is 0 Å². The van der Waals surface area contributed by atoms with Gasteiger partial charge in [-0.1, -0.05) is 46.5 Å². The Morgan fingerprint density at radius 1 is 1.05 bits per heavy atom. The van der Waals surface area contributed by atoms with Crippen LogP contribution in [0.4, 0.5) is 0 Å². The van der Waals surface area contributed by atoms with E-state index < -0.39 is 0 Å². The van der Waals surface area contributed by atoms with E-state index in [-0.39, 0.29) is 5.60 Å². The maximum atomic E-state index is 6.70. The van der Waals surface area contributed by atoms with Crippen LogP contribution in [-0.2, 0) is 4.74 Å². The highest BCUT2D eigenvalue weighted by atomic mass is 16.5. The summed E-state index contributed by atoms with van der Waals surface area (Å²) in [4.78, 5) is 0. The van der Waals surface area contributed by atoms with Gasteiger partial charge in [0.1, 0.15) is 0 Å². The summed E-state index contributed by atoms with van der Waals surface area (Å²) in [5.41, 5.74) is 0.137. The maximum Gasteiger partial charge on any atom is 0.0810 e. The first-order valence-corrected chi connectivity index (χ1v) is 9.05. The summed E-state index contributed by atoms with van der Waals surface area (Å²) in [6.07, 6.45) is 13.9. The smallest absolute Gasteiger partial charge is 0.0810 e. The number of nitrogens with one attached hydrogen (secondary N) is 1. The number of rotatable bonds is 6. The van der Waals surface area contributed by atoms with E-state index >= 15 is 0 Å². The minimum absolute atomic E-state index is 0.137. The van der Waals surface area contributed by atoms with Crippen LogP contribution in [0.5, 0.6) is 0 Å². The summed E-state index contributed by atoms with van der Waals surface area (Å²) in [6, 6.07) is 0.561. The maximum absolute atomic E-state index is 6.70. The van der Waals surface area contributed by atoms with Gasteiger partial charge in [0.05, 0.1) is 11.7 Å². The first-order valence-electron chi connectivity index (χ1n) is 9.05. The Hall–Kier alpha value is -0.0800. The predicted molar refractivity (Wildman–Crippen MR) is 86.1 cm³/mol. The standard InChI is InChI=1S/C18H35NO/c1-4-16-10-12-18(13-11-16,14-19-15(2)3)20-17-8-6-5-7-9-17/h15-17,19H,4-14H2,1-3H3. The monoisotopic (exact) mass is 281 g/mol. The highest BCUT2D eigenvalue weighted by Crippen LogP contribution is 2.38. The summed E-state index contributed by atoms with van der Waals surface area (Å²) in [7, 11) is 0. The second-order valence-electron chi connectivity index (χ2n) is 7.45. The summed E-state index contributed by atoms with van der Waals surface area (Å²) in [5.74, 6) is 0.942. The molecular weight excluding hydrogens is 246 g/mol. The molecule has 2 heteroatoms. The van der Waals surface area contributed by atoms with Crippen molar-refractivity contribution in [2.24, 2.45) is 5.92 Å². The zero-order valence-electron chi connectivity index (χ0n) is 13.9. The molecule has 20 heavy (non-hydrogen) atoms. The van der Waals surface area contributed by atoms with Crippen LogP contribution >= 0.6 is 0 Å². The van der Waals surface area contributed by atoms with Crippen LogP contribution in [0, 0.1) is 5.92 Å². The van der Waals surface area contributed by atoms with Crippen molar-refractivity contribution in [3.8, 4) is 0 Å². The van der Waals surface area contributed by atoms with E-state index in [4.69, 9.17) is 4.74 Å². The van der Waals surface area contributed by atoms with E-state index in [0.29, 0.717) is 12.1 Å². The lowest BCUT2D eigenvalue weighted by Gasteiger charge is -2.43. The SMILES string of the molecule is CCC1CCC(CNC(C)C)(OC2CCCCC2)CC1. The Balaban J connectivity index is 1.92. The third-order valence-electron chi connectivity index (χ3n) is 5.40. The topological polar surface area (TPSA) is 21.3 Å². The molecule has 2 rings (SSSR count). The molecular formula is C18H35NO. The molecule has 2 fully saturated rings. The van der Waals surface area contributed by atoms with Gasteiger partial charge in [-0.25, -0.2) is 0 Å². The molecule has 118 valence electrons. The summed E-state index contributed by atoms with van der Waals surface area (Å²) < 4.78 is 6.70. The van der Waals surface area contributed by atoms with Crippen molar-refractivity contribution in [2.45, 2.75) is 103 Å². The fourth-order valence-electron chi connectivity index (χ4n) is 3.87. The Kier molecular flexibility index (Phi) is 6.35. The van der Waals surface area contributed by atoms with Gasteiger partial charge >= 0.3 is 0 Å². The second kappa shape index (κ2) is 7.79. The van der Waals surface area contributed by atoms with Crippen molar-refractivity contribution in [3.63, 3.8) is 0 Å². The van der Waals surface area contributed by atoms with Crippen LogP contribution in [0.25, 0.3) is 0 Å². The van der Waals surface area contributed by atoms with Gasteiger partial charge in [0.25, 0.3) is 0 Å². The van der Waals surface area contributed by atoms with E-state index in [1.165, 1.54) is 64.2 Å². The zero-order valence-corrected chi connectivity index (χ0v) is 13.9. The van der Waals surface area contributed by atoms with Crippen molar-refractivity contribution in [1.82, 2.24) is 5.32 Å². The number of ether oxygens (including phenoxy) is 1. The van der Waals surface area contributed by atoms with Crippen LogP contribution in [0.15, 0.2) is 0 Å². The highest BCUT2D eigenvalue weighted by Gasteiger charge is 2.37. The second-order valence-corrected chi connectivity index (χ2v) is 7.45. The molecule has 2 aliphatic rings. The van der Waals surface area contributed by atoms with E-state index in [2.05, 4.69) is 26.1 Å². The van der Waals surface area contributed by atoms with Crippen LogP contribution in [0.3, 0.4) is 0 Å². The van der Waals surface area contributed by atoms with Crippen molar-refractivity contribution in [3.05, 3.63) is 0 Å². The Labute approximate surface area is 126 Å². The zero-order chi connectivity index (χ0) is 14.4. The van der Waals surface area contributed by atoms with Gasteiger partial charge in [-0.05, 0) is 44.4 Å². The van der Waals surface area contributed by atoms with Crippen molar-refractivity contribution < 1.29 is 4.74 Å². The van der Waals surface area contributed by atoms with Gasteiger partial charge in [-0.2, -0.15) is 0 Å². The highest BCUT2D eigenvalue weighted by molar-refractivity contribution is 4.91. The molecule has 2 nitrogen and oxygen atoms in total. The van der Waals surface area contributed by atoms with Crippen LogP contribution in [0.2, 0.25) is 0 Å². The largest absolute Gasteiger partial charge is 0.370 e. The molecule has 0 atom stereocenters. The molecule has 0 heterocycles. The molecule has 0 spiro atoms. The van der Waals surface area contributed by atoms with Crippen LogP contribution in [-0.4, -0.2) is 24.3 Å². The molecule has 2 saturated carbocycles. The molecule has 0 bridgehead atoms. The molecule has 0 amide bonds. The third kappa shape index (κ3) is 4.73. The summed E-state index contributed by atoms with van der Waals surface area (Å²) in [6.45, 7) is 7.88. The lowest BCUT2D eigenvalue weighted by Crippen LogP contribution is -2.49. The minimum Gasteiger partial charge on any atom is -0.370 e. The van der Waals surface area contributed by atoms with E-state index in [1.807, 2.05) is 0 Å². The first kappa shape index (κ1) is 16.3. The molecule has 0 aromatic heterocycles. The van der Waals surface area contributed by atoms with Gasteiger partial charge < -0.3 is 10.1 Å². The lowest BCUT2D eigenvalue weighted by molar-refractivity contribution is -0.128. The third-order valence-corrected chi connectivity index (χ3v) is 5.40. The molecule has 0 aromatic rings. The number of hydrogen-bond acceptors (Lipinski definition) is 2. The molecule has 0 saturated heterocycles. The van der Waals surface area contributed by atoms with E-state index in [0.717, 1.165) is 12.5 Å². The van der Waals surface area contributed by atoms with Crippen LogP contribution < -0.4 is 5.32 Å². The molecule has 0 unspecified atom stereocenters. The normalized spacial score (nSPS) is 32.7. The molecule has 0 aliphatic heterocycles. The van der Waals surface area contributed by atoms with Crippen molar-refractivity contribution in [2.75, 3.05) is 6.54 Å². The van der Waals surface area contributed by atoms with Crippen molar-refractivity contribution >= 4 is 0 Å². The van der Waals surface area contributed by atoms with E-state index in [9.17, 15) is 0 Å². The fraction of sp³-hybridized carbons (Fsp3) is 1.00. The average Bonchev–Trinajstić information content (AvgIpc) is 2.47. The van der Waals surface area contributed by atoms with Gasteiger partial charge in [0, 0.05) is 12.6 Å². The molecule has 2 aliphatic carbocycles. The first-order chi connectivity index (χ1) is 9.63. The average molecular weight is 281 g/mol. The molecule has 0 aromatic carbocycles. The quantitative estimate of drug-likeness (QED) is 0.763. The minimum atomic E-state index is 0.137. The number of hydrogen-bond donors (Lipinski definition) is 1. The van der Waals surface area contributed by atoms with E-state index in [1.54, 1.807) is 0 Å². The van der Waals surface area contributed by atoms with Crippen LogP contribution in [0.1, 0.15) is 85.0 Å². The summed E-state index contributed by atoms with van der Waals surface area (Å²) in [5, 5.41) is 3.65. The summed E-state index contributed by atoms with van der Waals surface area (Å²) >= 11 is 0. The molecule has 1 N–H and O–H groups in total. The van der Waals surface area contributed by atoms with Gasteiger partial charge in [-0.3, -0.25) is 0 Å². The molecule has 0 radical (unpaired) electrons.